The lowest BCUT2D eigenvalue weighted by Gasteiger charge is -2.25. The van der Waals surface area contributed by atoms with Gasteiger partial charge in [0.05, 0.1) is 5.69 Å². The minimum atomic E-state index is -0.868. The van der Waals surface area contributed by atoms with E-state index in [1.54, 1.807) is 0 Å². The van der Waals surface area contributed by atoms with Crippen molar-refractivity contribution in [3.05, 3.63) is 59.2 Å². The predicted molar refractivity (Wildman–Crippen MR) is 93.6 cm³/mol. The van der Waals surface area contributed by atoms with Crippen molar-refractivity contribution in [1.82, 2.24) is 0 Å². The summed E-state index contributed by atoms with van der Waals surface area (Å²) in [6.45, 7) is 4.81. The molecule has 0 aliphatic carbocycles. The zero-order valence-electron chi connectivity index (χ0n) is 14.4. The topological polar surface area (TPSA) is 49.4 Å². The van der Waals surface area contributed by atoms with Crippen LogP contribution in [-0.2, 0) is 16.0 Å². The van der Waals surface area contributed by atoms with Crippen molar-refractivity contribution in [3.63, 3.8) is 0 Å². The highest BCUT2D eigenvalue weighted by Gasteiger charge is 2.21. The molecule has 0 unspecified atom stereocenters. The molecule has 132 valence electrons. The van der Waals surface area contributed by atoms with Crippen molar-refractivity contribution in [2.24, 2.45) is 0 Å². The van der Waals surface area contributed by atoms with Crippen molar-refractivity contribution in [2.45, 2.75) is 27.2 Å². The fraction of sp³-hybridized carbons (Fsp3) is 0.263. The second-order valence-corrected chi connectivity index (χ2v) is 5.69. The summed E-state index contributed by atoms with van der Waals surface area (Å²) in [7, 11) is 0. The molecule has 2 rings (SSSR count). The molecular formula is C19H20F2N2O2. The van der Waals surface area contributed by atoms with E-state index < -0.39 is 23.2 Å². The summed E-state index contributed by atoms with van der Waals surface area (Å²) in [5.74, 6) is -2.74. The second kappa shape index (κ2) is 7.88. The molecule has 0 bridgehead atoms. The molecule has 0 saturated heterocycles. The first-order chi connectivity index (χ1) is 11.8. The molecule has 0 heterocycles. The fourth-order valence-corrected chi connectivity index (χ4v) is 2.68. The molecule has 1 N–H and O–H groups in total. The first-order valence-electron chi connectivity index (χ1n) is 7.95. The number of carbonyl (C=O) groups excluding carboxylic acids is 2. The van der Waals surface area contributed by atoms with Gasteiger partial charge in [-0.2, -0.15) is 0 Å². The Hall–Kier alpha value is -2.76. The van der Waals surface area contributed by atoms with Crippen molar-refractivity contribution >= 4 is 23.2 Å². The van der Waals surface area contributed by atoms with Gasteiger partial charge in [-0.1, -0.05) is 31.2 Å². The van der Waals surface area contributed by atoms with Crippen LogP contribution >= 0.6 is 0 Å². The summed E-state index contributed by atoms with van der Waals surface area (Å²) in [6.07, 6.45) is 0.685. The van der Waals surface area contributed by atoms with Crippen molar-refractivity contribution < 1.29 is 18.4 Å². The zero-order chi connectivity index (χ0) is 18.6. The van der Waals surface area contributed by atoms with Crippen molar-refractivity contribution in [1.29, 1.82) is 0 Å². The van der Waals surface area contributed by atoms with E-state index in [-0.39, 0.29) is 12.5 Å². The summed E-state index contributed by atoms with van der Waals surface area (Å²) in [4.78, 5) is 25.7. The molecule has 25 heavy (non-hydrogen) atoms. The monoisotopic (exact) mass is 346 g/mol. The minimum absolute atomic E-state index is 0.326. The van der Waals surface area contributed by atoms with Crippen LogP contribution in [0.1, 0.15) is 25.0 Å². The molecule has 0 radical (unpaired) electrons. The van der Waals surface area contributed by atoms with Gasteiger partial charge in [0.1, 0.15) is 23.9 Å². The van der Waals surface area contributed by atoms with Crippen LogP contribution in [-0.4, -0.2) is 18.4 Å². The molecule has 0 aliphatic rings. The number of nitrogens with one attached hydrogen (secondary N) is 1. The summed E-state index contributed by atoms with van der Waals surface area (Å²) in [6, 6.07) is 8.93. The van der Waals surface area contributed by atoms with Crippen molar-refractivity contribution in [2.75, 3.05) is 16.8 Å². The molecule has 0 spiro atoms. The molecule has 0 aromatic heterocycles. The third kappa shape index (κ3) is 4.21. The normalized spacial score (nSPS) is 10.4. The zero-order valence-corrected chi connectivity index (χ0v) is 14.4. The Morgan fingerprint density at radius 3 is 2.24 bits per heavy atom. The Bertz CT molecular complexity index is 786. The quantitative estimate of drug-likeness (QED) is 0.894. The molecule has 6 heteroatoms. The highest BCUT2D eigenvalue weighted by atomic mass is 19.1. The number of hydrogen-bond acceptors (Lipinski definition) is 2. The molecule has 0 fully saturated rings. The third-order valence-electron chi connectivity index (χ3n) is 3.88. The third-order valence-corrected chi connectivity index (χ3v) is 3.88. The number of nitrogens with zero attached hydrogens (tertiary/aromatic N) is 1. The van der Waals surface area contributed by atoms with E-state index in [1.165, 1.54) is 17.9 Å². The molecule has 0 saturated carbocycles. The average molecular weight is 346 g/mol. The summed E-state index contributed by atoms with van der Waals surface area (Å²) >= 11 is 0. The number of halogens is 2. The highest BCUT2D eigenvalue weighted by molar-refractivity contribution is 6.02. The van der Waals surface area contributed by atoms with Crippen LogP contribution < -0.4 is 10.2 Å². The number of hydrogen-bond donors (Lipinski definition) is 1. The number of rotatable bonds is 5. The Labute approximate surface area is 145 Å². The Morgan fingerprint density at radius 1 is 1.08 bits per heavy atom. The molecule has 2 amide bonds. The lowest BCUT2D eigenvalue weighted by Crippen LogP contribution is -2.38. The standard InChI is InChI=1S/C19H20F2N2O2/c1-4-14-8-5-7-12(2)19(14)23(13(3)24)11-17(25)22-18-15(20)9-6-10-16(18)21/h5-10H,4,11H2,1-3H3,(H,22,25). The minimum Gasteiger partial charge on any atom is -0.320 e. The largest absolute Gasteiger partial charge is 0.320 e. The summed E-state index contributed by atoms with van der Waals surface area (Å²) < 4.78 is 27.4. The molecule has 0 aliphatic heterocycles. The lowest BCUT2D eigenvalue weighted by atomic mass is 10.0. The maximum Gasteiger partial charge on any atom is 0.244 e. The van der Waals surface area contributed by atoms with Crippen LogP contribution in [0.3, 0.4) is 0 Å². The number of anilines is 2. The van der Waals surface area contributed by atoms with Gasteiger partial charge >= 0.3 is 0 Å². The Balaban J connectivity index is 2.29. The van der Waals surface area contributed by atoms with Gasteiger partial charge in [0.15, 0.2) is 0 Å². The van der Waals surface area contributed by atoms with Crippen LogP contribution in [0.2, 0.25) is 0 Å². The van der Waals surface area contributed by atoms with Crippen LogP contribution in [0, 0.1) is 18.6 Å². The van der Waals surface area contributed by atoms with E-state index in [0.29, 0.717) is 12.1 Å². The molecular weight excluding hydrogens is 326 g/mol. The smallest absolute Gasteiger partial charge is 0.244 e. The van der Waals surface area contributed by atoms with E-state index in [1.807, 2.05) is 32.0 Å². The maximum absolute atomic E-state index is 13.7. The average Bonchev–Trinajstić information content (AvgIpc) is 2.56. The van der Waals surface area contributed by atoms with E-state index >= 15 is 0 Å². The van der Waals surface area contributed by atoms with Gasteiger partial charge in [-0.05, 0) is 36.6 Å². The van der Waals surface area contributed by atoms with Crippen LogP contribution in [0.25, 0.3) is 0 Å². The van der Waals surface area contributed by atoms with Crippen LogP contribution in [0.4, 0.5) is 20.2 Å². The van der Waals surface area contributed by atoms with Gasteiger partial charge in [0.2, 0.25) is 11.8 Å². The lowest BCUT2D eigenvalue weighted by molar-refractivity contribution is -0.120. The Kier molecular flexibility index (Phi) is 5.85. The predicted octanol–water partition coefficient (Wildman–Crippen LogP) is 3.83. The van der Waals surface area contributed by atoms with E-state index in [2.05, 4.69) is 5.32 Å². The van der Waals surface area contributed by atoms with Gasteiger partial charge in [-0.25, -0.2) is 8.78 Å². The Morgan fingerprint density at radius 2 is 1.68 bits per heavy atom. The van der Waals surface area contributed by atoms with Gasteiger partial charge in [0, 0.05) is 6.92 Å². The maximum atomic E-state index is 13.7. The van der Waals surface area contributed by atoms with Gasteiger partial charge < -0.3 is 10.2 Å². The van der Waals surface area contributed by atoms with E-state index in [4.69, 9.17) is 0 Å². The second-order valence-electron chi connectivity index (χ2n) is 5.69. The number of carbonyl (C=O) groups is 2. The van der Waals surface area contributed by atoms with Gasteiger partial charge in [-0.15, -0.1) is 0 Å². The highest BCUT2D eigenvalue weighted by Crippen LogP contribution is 2.26. The number of amides is 2. The first-order valence-corrected chi connectivity index (χ1v) is 7.95. The van der Waals surface area contributed by atoms with Crippen molar-refractivity contribution in [3.8, 4) is 0 Å². The van der Waals surface area contributed by atoms with Crippen LogP contribution in [0.5, 0.6) is 0 Å². The fourth-order valence-electron chi connectivity index (χ4n) is 2.68. The number of para-hydroxylation sites is 2. The molecule has 0 atom stereocenters. The van der Waals surface area contributed by atoms with E-state index in [9.17, 15) is 18.4 Å². The van der Waals surface area contributed by atoms with Gasteiger partial charge in [-0.3, -0.25) is 9.59 Å². The first kappa shape index (κ1) is 18.6. The van der Waals surface area contributed by atoms with Crippen LogP contribution in [0.15, 0.2) is 36.4 Å². The van der Waals surface area contributed by atoms with Gasteiger partial charge in [0.25, 0.3) is 0 Å². The SMILES string of the molecule is CCc1cccc(C)c1N(CC(=O)Nc1c(F)cccc1F)C(C)=O. The summed E-state index contributed by atoms with van der Waals surface area (Å²) in [5, 5.41) is 2.21. The number of aryl methyl sites for hydroxylation is 2. The van der Waals surface area contributed by atoms with E-state index in [0.717, 1.165) is 23.3 Å². The summed E-state index contributed by atoms with van der Waals surface area (Å²) in [5.41, 5.74) is 1.90. The number of benzene rings is 2. The molecule has 4 nitrogen and oxygen atoms in total. The molecule has 2 aromatic rings. The molecule has 2 aromatic carbocycles.